The molecule has 0 radical (unpaired) electrons. The molecule has 1 saturated heterocycles. The summed E-state index contributed by atoms with van der Waals surface area (Å²) in [5.41, 5.74) is 3.02. The highest BCUT2D eigenvalue weighted by Gasteiger charge is 2.15. The van der Waals surface area contributed by atoms with Crippen LogP contribution in [0.3, 0.4) is 0 Å². The number of guanidine groups is 1. The Morgan fingerprint density at radius 1 is 1.08 bits per heavy atom. The number of aliphatic imine (C=N–C) groups is 1. The van der Waals surface area contributed by atoms with E-state index in [1.54, 1.807) is 0 Å². The summed E-state index contributed by atoms with van der Waals surface area (Å²) in [7, 11) is 0. The zero-order chi connectivity index (χ0) is 16.8. The molecule has 5 heteroatoms. The van der Waals surface area contributed by atoms with Gasteiger partial charge in [-0.15, -0.1) is 0 Å². The third-order valence-electron chi connectivity index (χ3n) is 4.10. The molecule has 3 rings (SSSR count). The van der Waals surface area contributed by atoms with Gasteiger partial charge in [0.15, 0.2) is 5.96 Å². The molecule has 0 saturated carbocycles. The van der Waals surface area contributed by atoms with E-state index >= 15 is 0 Å². The zero-order valence-electron chi connectivity index (χ0n) is 14.5. The third kappa shape index (κ3) is 4.54. The quantitative estimate of drug-likeness (QED) is 0.693. The minimum Gasteiger partial charge on any atom is -0.343 e. The number of likely N-dealkylation sites (tertiary alicyclic amines) is 1. The topological polar surface area (TPSA) is 53.4 Å². The number of para-hydroxylation sites is 1. The van der Waals surface area contributed by atoms with E-state index < -0.39 is 0 Å². The Bertz CT molecular complexity index is 670. The number of hydrogen-bond acceptors (Lipinski definition) is 3. The first kappa shape index (κ1) is 16.4. The average molecular weight is 323 g/mol. The van der Waals surface area contributed by atoms with E-state index in [1.165, 1.54) is 19.3 Å². The highest BCUT2D eigenvalue weighted by Crippen LogP contribution is 2.13. The monoisotopic (exact) mass is 323 g/mol. The maximum atomic E-state index is 4.84. The fourth-order valence-electron chi connectivity index (χ4n) is 3.01. The first-order chi connectivity index (χ1) is 11.7. The van der Waals surface area contributed by atoms with Gasteiger partial charge in [-0.3, -0.25) is 0 Å². The van der Waals surface area contributed by atoms with Crippen molar-refractivity contribution in [2.75, 3.05) is 18.4 Å². The van der Waals surface area contributed by atoms with Crippen LogP contribution in [0.1, 0.15) is 36.5 Å². The van der Waals surface area contributed by atoms with Crippen LogP contribution in [0.4, 0.5) is 5.69 Å². The Kier molecular flexibility index (Phi) is 5.41. The van der Waals surface area contributed by atoms with Gasteiger partial charge in [0, 0.05) is 24.5 Å². The van der Waals surface area contributed by atoms with E-state index in [1.807, 2.05) is 38.1 Å². The number of aryl methyl sites for hydroxylation is 2. The third-order valence-corrected chi connectivity index (χ3v) is 4.10. The van der Waals surface area contributed by atoms with Gasteiger partial charge in [0.05, 0.1) is 12.2 Å². The van der Waals surface area contributed by atoms with Gasteiger partial charge in [-0.25, -0.2) is 15.0 Å². The summed E-state index contributed by atoms with van der Waals surface area (Å²) >= 11 is 0. The van der Waals surface area contributed by atoms with E-state index in [2.05, 4.69) is 32.3 Å². The lowest BCUT2D eigenvalue weighted by Gasteiger charge is -2.30. The molecule has 0 atom stereocenters. The maximum absolute atomic E-state index is 4.84. The van der Waals surface area contributed by atoms with Gasteiger partial charge in [0.1, 0.15) is 5.82 Å². The van der Waals surface area contributed by atoms with E-state index in [0.717, 1.165) is 41.9 Å². The number of anilines is 1. The summed E-state index contributed by atoms with van der Waals surface area (Å²) in [4.78, 5) is 16.0. The molecule has 0 spiro atoms. The molecule has 1 fully saturated rings. The van der Waals surface area contributed by atoms with Crippen molar-refractivity contribution >= 4 is 11.6 Å². The van der Waals surface area contributed by atoms with Crippen molar-refractivity contribution in [2.24, 2.45) is 4.99 Å². The molecule has 1 aliphatic rings. The fourth-order valence-corrected chi connectivity index (χ4v) is 3.01. The van der Waals surface area contributed by atoms with Crippen molar-refractivity contribution in [3.63, 3.8) is 0 Å². The van der Waals surface area contributed by atoms with Gasteiger partial charge in [-0.05, 0) is 51.3 Å². The Hall–Kier alpha value is -2.43. The Morgan fingerprint density at radius 2 is 1.83 bits per heavy atom. The van der Waals surface area contributed by atoms with E-state index in [9.17, 15) is 0 Å². The van der Waals surface area contributed by atoms with Gasteiger partial charge in [0.2, 0.25) is 0 Å². The lowest BCUT2D eigenvalue weighted by Crippen LogP contribution is -2.40. The van der Waals surface area contributed by atoms with Crippen LogP contribution in [0.25, 0.3) is 0 Å². The Balaban J connectivity index is 1.79. The summed E-state index contributed by atoms with van der Waals surface area (Å²) < 4.78 is 0. The smallest absolute Gasteiger partial charge is 0.198 e. The minimum absolute atomic E-state index is 0.565. The highest BCUT2D eigenvalue weighted by molar-refractivity contribution is 5.93. The molecule has 24 heavy (non-hydrogen) atoms. The molecule has 1 N–H and O–H groups in total. The highest BCUT2D eigenvalue weighted by atomic mass is 15.3. The van der Waals surface area contributed by atoms with Gasteiger partial charge in [0.25, 0.3) is 0 Å². The van der Waals surface area contributed by atoms with Gasteiger partial charge < -0.3 is 10.2 Å². The average Bonchev–Trinajstić information content (AvgIpc) is 2.59. The number of nitrogens with zero attached hydrogens (tertiary/aromatic N) is 4. The van der Waals surface area contributed by atoms with Crippen LogP contribution in [-0.2, 0) is 6.54 Å². The number of benzene rings is 1. The first-order valence-electron chi connectivity index (χ1n) is 8.63. The van der Waals surface area contributed by atoms with Crippen molar-refractivity contribution in [3.05, 3.63) is 53.6 Å². The van der Waals surface area contributed by atoms with E-state index in [4.69, 9.17) is 4.99 Å². The largest absolute Gasteiger partial charge is 0.343 e. The lowest BCUT2D eigenvalue weighted by atomic mass is 10.1. The fraction of sp³-hybridized carbons (Fsp3) is 0.421. The standard InChI is InChI=1S/C19H25N5/c1-15-13-18(22-16(2)21-15)14-20-19(24-11-7-4-8-12-24)23-17-9-5-3-6-10-17/h3,5-6,9-10,13H,4,7-8,11-12,14H2,1-2H3,(H,20,23). The Labute approximate surface area is 143 Å². The van der Waals surface area contributed by atoms with Crippen LogP contribution in [0.2, 0.25) is 0 Å². The molecule has 5 nitrogen and oxygen atoms in total. The van der Waals surface area contributed by atoms with E-state index in [-0.39, 0.29) is 0 Å². The SMILES string of the molecule is Cc1cc(CN=C(Nc2ccccc2)N2CCCCC2)nc(C)n1. The molecule has 0 unspecified atom stereocenters. The molecule has 1 aromatic carbocycles. The van der Waals surface area contributed by atoms with Crippen LogP contribution in [0.15, 0.2) is 41.4 Å². The van der Waals surface area contributed by atoms with E-state index in [0.29, 0.717) is 6.54 Å². The van der Waals surface area contributed by atoms with Crippen LogP contribution >= 0.6 is 0 Å². The van der Waals surface area contributed by atoms with Gasteiger partial charge in [-0.2, -0.15) is 0 Å². The molecule has 2 heterocycles. The zero-order valence-corrected chi connectivity index (χ0v) is 14.5. The maximum Gasteiger partial charge on any atom is 0.198 e. The normalized spacial score (nSPS) is 15.4. The molecule has 126 valence electrons. The Morgan fingerprint density at radius 3 is 2.54 bits per heavy atom. The molecule has 1 aliphatic heterocycles. The number of piperidine rings is 1. The van der Waals surface area contributed by atoms with Crippen LogP contribution in [0.5, 0.6) is 0 Å². The van der Waals surface area contributed by atoms with Crippen molar-refractivity contribution in [1.29, 1.82) is 0 Å². The molecule has 0 amide bonds. The second kappa shape index (κ2) is 7.90. The number of rotatable bonds is 3. The van der Waals surface area contributed by atoms with Gasteiger partial charge in [-0.1, -0.05) is 18.2 Å². The summed E-state index contributed by atoms with van der Waals surface area (Å²) in [6.45, 7) is 6.60. The predicted octanol–water partition coefficient (Wildman–Crippen LogP) is 3.55. The van der Waals surface area contributed by atoms with Crippen molar-refractivity contribution in [3.8, 4) is 0 Å². The predicted molar refractivity (Wildman–Crippen MR) is 98.1 cm³/mol. The summed E-state index contributed by atoms with van der Waals surface area (Å²) in [5, 5.41) is 3.48. The second-order valence-corrected chi connectivity index (χ2v) is 6.23. The molecular weight excluding hydrogens is 298 g/mol. The molecule has 0 bridgehead atoms. The number of hydrogen-bond donors (Lipinski definition) is 1. The molecule has 1 aromatic heterocycles. The molecule has 0 aliphatic carbocycles. The summed E-state index contributed by atoms with van der Waals surface area (Å²) in [6.07, 6.45) is 3.75. The first-order valence-corrected chi connectivity index (χ1v) is 8.63. The minimum atomic E-state index is 0.565. The molecule has 2 aromatic rings. The van der Waals surface area contributed by atoms with Crippen LogP contribution in [-0.4, -0.2) is 33.9 Å². The van der Waals surface area contributed by atoms with Crippen LogP contribution in [0, 0.1) is 13.8 Å². The summed E-state index contributed by atoms with van der Waals surface area (Å²) in [6, 6.07) is 12.2. The van der Waals surface area contributed by atoms with Crippen molar-refractivity contribution in [2.45, 2.75) is 39.7 Å². The van der Waals surface area contributed by atoms with Gasteiger partial charge >= 0.3 is 0 Å². The van der Waals surface area contributed by atoms with Crippen molar-refractivity contribution in [1.82, 2.24) is 14.9 Å². The van der Waals surface area contributed by atoms with Crippen LogP contribution < -0.4 is 5.32 Å². The summed E-state index contributed by atoms with van der Waals surface area (Å²) in [5.74, 6) is 1.74. The lowest BCUT2D eigenvalue weighted by molar-refractivity contribution is 0.340. The van der Waals surface area contributed by atoms with Crippen molar-refractivity contribution < 1.29 is 0 Å². The number of aromatic nitrogens is 2. The second-order valence-electron chi connectivity index (χ2n) is 6.23. The number of nitrogens with one attached hydrogen (secondary N) is 1. The molecular formula is C19H25N5.